The number of nitrogens with zero attached hydrogens (tertiary/aromatic N) is 2. The highest BCUT2D eigenvalue weighted by Gasteiger charge is 2.20. The predicted octanol–water partition coefficient (Wildman–Crippen LogP) is 3.23. The van der Waals surface area contributed by atoms with Gasteiger partial charge in [-0.1, -0.05) is 23.4 Å². The van der Waals surface area contributed by atoms with Crippen LogP contribution in [0.5, 0.6) is 0 Å². The number of benzene rings is 2. The third-order valence-corrected chi connectivity index (χ3v) is 4.79. The van der Waals surface area contributed by atoms with Gasteiger partial charge in [0.25, 0.3) is 5.91 Å². The summed E-state index contributed by atoms with van der Waals surface area (Å²) in [6.07, 6.45) is 2.47. The average molecular weight is 409 g/mol. The summed E-state index contributed by atoms with van der Waals surface area (Å²) >= 11 is 0. The van der Waals surface area contributed by atoms with Gasteiger partial charge in [0.05, 0.1) is 19.4 Å². The van der Waals surface area contributed by atoms with Gasteiger partial charge in [0.15, 0.2) is 0 Å². The van der Waals surface area contributed by atoms with Crippen LogP contribution in [0.1, 0.15) is 40.9 Å². The minimum absolute atomic E-state index is 0.170. The number of hydrogen-bond donors (Lipinski definition) is 1. The molecule has 0 saturated heterocycles. The van der Waals surface area contributed by atoms with Gasteiger partial charge in [0, 0.05) is 24.3 Å². The van der Waals surface area contributed by atoms with Gasteiger partial charge in [-0.15, -0.1) is 0 Å². The van der Waals surface area contributed by atoms with Crippen molar-refractivity contribution in [3.63, 3.8) is 0 Å². The Labute approximate surface area is 176 Å². The molecule has 1 amide bonds. The van der Waals surface area contributed by atoms with E-state index < -0.39 is 0 Å². The topological polar surface area (TPSA) is 80.2 Å². The van der Waals surface area contributed by atoms with Gasteiger partial charge in [0.2, 0.25) is 0 Å². The summed E-state index contributed by atoms with van der Waals surface area (Å²) in [7, 11) is 0. The zero-order valence-electron chi connectivity index (χ0n) is 17.4. The minimum Gasteiger partial charge on any atom is -0.465 e. The Balaban J connectivity index is 1.63. The summed E-state index contributed by atoms with van der Waals surface area (Å²) in [4.78, 5) is 31.4. The molecule has 0 unspecified atom stereocenters. The first-order valence-electron chi connectivity index (χ1n) is 10.2. The number of fused-ring (bicyclic) bond motifs is 1. The molecular weight excluding hydrogens is 382 g/mol. The first-order chi connectivity index (χ1) is 14.6. The standard InChI is InChI=1S/C23H27N3O4/c1-3-29-22(27)16-26-12-11-18-7-8-19(13-20(18)15-26)23(28)25-21-9-5-17(6-10-21)14-24-30-4-2/h5-10,13-14H,3-4,11-12,15-16H2,1-2H3,(H,25,28)/b24-14+. The number of anilines is 1. The van der Waals surface area contributed by atoms with Crippen molar-refractivity contribution >= 4 is 23.8 Å². The number of esters is 1. The number of carbonyl (C=O) groups is 2. The normalized spacial score (nSPS) is 13.7. The summed E-state index contributed by atoms with van der Waals surface area (Å²) in [6, 6.07) is 13.1. The van der Waals surface area contributed by atoms with E-state index in [0.29, 0.717) is 31.0 Å². The zero-order valence-corrected chi connectivity index (χ0v) is 17.4. The zero-order chi connectivity index (χ0) is 21.3. The molecule has 0 aliphatic carbocycles. The Hall–Kier alpha value is -3.19. The van der Waals surface area contributed by atoms with Crippen molar-refractivity contribution in [2.24, 2.45) is 5.16 Å². The van der Waals surface area contributed by atoms with Gasteiger partial charge in [-0.05, 0) is 61.2 Å². The molecule has 0 fully saturated rings. The maximum absolute atomic E-state index is 12.7. The molecule has 2 aromatic carbocycles. The molecule has 0 spiro atoms. The first kappa shape index (κ1) is 21.5. The van der Waals surface area contributed by atoms with Crippen LogP contribution >= 0.6 is 0 Å². The molecule has 2 aromatic rings. The number of hydrogen-bond acceptors (Lipinski definition) is 6. The van der Waals surface area contributed by atoms with Crippen LogP contribution in [-0.4, -0.2) is 49.3 Å². The Morgan fingerprint density at radius 3 is 2.63 bits per heavy atom. The molecule has 7 heteroatoms. The third-order valence-electron chi connectivity index (χ3n) is 4.79. The first-order valence-corrected chi connectivity index (χ1v) is 10.2. The summed E-state index contributed by atoms with van der Waals surface area (Å²) < 4.78 is 5.04. The van der Waals surface area contributed by atoms with Gasteiger partial charge in [-0.25, -0.2) is 0 Å². The molecular formula is C23H27N3O4. The highest BCUT2D eigenvalue weighted by atomic mass is 16.6. The van der Waals surface area contributed by atoms with Crippen molar-refractivity contribution in [1.82, 2.24) is 4.90 Å². The Bertz CT molecular complexity index is 909. The third kappa shape index (κ3) is 5.90. The van der Waals surface area contributed by atoms with Crippen LogP contribution in [0.4, 0.5) is 5.69 Å². The second-order valence-corrected chi connectivity index (χ2v) is 6.98. The maximum Gasteiger partial charge on any atom is 0.320 e. The van der Waals surface area contributed by atoms with E-state index in [1.54, 1.807) is 13.1 Å². The van der Waals surface area contributed by atoms with Crippen LogP contribution in [-0.2, 0) is 27.3 Å². The predicted molar refractivity (Wildman–Crippen MR) is 116 cm³/mol. The number of amides is 1. The Morgan fingerprint density at radius 2 is 1.90 bits per heavy atom. The van der Waals surface area contributed by atoms with E-state index in [1.807, 2.05) is 54.3 Å². The number of oxime groups is 1. The van der Waals surface area contributed by atoms with Crippen molar-refractivity contribution in [2.75, 3.05) is 31.6 Å². The molecule has 1 N–H and O–H groups in total. The lowest BCUT2D eigenvalue weighted by Crippen LogP contribution is -2.35. The van der Waals surface area contributed by atoms with Crippen molar-refractivity contribution < 1.29 is 19.2 Å². The summed E-state index contributed by atoms with van der Waals surface area (Å²) in [5, 5.41) is 6.75. The minimum atomic E-state index is -0.218. The van der Waals surface area contributed by atoms with Crippen LogP contribution < -0.4 is 5.32 Å². The lowest BCUT2D eigenvalue weighted by atomic mass is 9.97. The molecule has 0 atom stereocenters. The molecule has 1 aliphatic heterocycles. The van der Waals surface area contributed by atoms with Crippen LogP contribution in [0.2, 0.25) is 0 Å². The fraction of sp³-hybridized carbons (Fsp3) is 0.348. The van der Waals surface area contributed by atoms with Gasteiger partial charge in [-0.2, -0.15) is 0 Å². The van der Waals surface area contributed by atoms with Crippen LogP contribution in [0.15, 0.2) is 47.6 Å². The fourth-order valence-electron chi connectivity index (χ4n) is 3.31. The number of nitrogens with one attached hydrogen (secondary N) is 1. The van der Waals surface area contributed by atoms with Gasteiger partial charge in [0.1, 0.15) is 6.61 Å². The average Bonchev–Trinajstić information content (AvgIpc) is 2.75. The van der Waals surface area contributed by atoms with E-state index >= 15 is 0 Å². The van der Waals surface area contributed by atoms with E-state index in [1.165, 1.54) is 5.56 Å². The number of carbonyl (C=O) groups excluding carboxylic acids is 2. The van der Waals surface area contributed by atoms with E-state index in [4.69, 9.17) is 9.57 Å². The molecule has 3 rings (SSSR count). The second kappa shape index (κ2) is 10.5. The smallest absolute Gasteiger partial charge is 0.320 e. The molecule has 0 bridgehead atoms. The molecule has 1 heterocycles. The lowest BCUT2D eigenvalue weighted by molar-refractivity contribution is -0.144. The van der Waals surface area contributed by atoms with Crippen LogP contribution in [0, 0.1) is 0 Å². The largest absolute Gasteiger partial charge is 0.465 e. The van der Waals surface area contributed by atoms with E-state index in [9.17, 15) is 9.59 Å². The highest BCUT2D eigenvalue weighted by molar-refractivity contribution is 6.04. The molecule has 0 radical (unpaired) electrons. The quantitative estimate of drug-likeness (QED) is 0.411. The van der Waals surface area contributed by atoms with Gasteiger partial charge in [-0.3, -0.25) is 14.5 Å². The summed E-state index contributed by atoms with van der Waals surface area (Å²) in [5.41, 5.74) is 4.46. The highest BCUT2D eigenvalue weighted by Crippen LogP contribution is 2.21. The van der Waals surface area contributed by atoms with Crippen molar-refractivity contribution in [2.45, 2.75) is 26.8 Å². The van der Waals surface area contributed by atoms with Crippen LogP contribution in [0.25, 0.3) is 0 Å². The van der Waals surface area contributed by atoms with Gasteiger partial charge < -0.3 is 14.9 Å². The summed E-state index contributed by atoms with van der Waals surface area (Å²) in [5.74, 6) is -0.388. The van der Waals surface area contributed by atoms with E-state index in [2.05, 4.69) is 10.5 Å². The fourth-order valence-corrected chi connectivity index (χ4v) is 3.31. The lowest BCUT2D eigenvalue weighted by Gasteiger charge is -2.28. The molecule has 1 aliphatic rings. The Kier molecular flexibility index (Phi) is 7.57. The molecule has 0 aromatic heterocycles. The van der Waals surface area contributed by atoms with E-state index in [-0.39, 0.29) is 18.4 Å². The molecule has 0 saturated carbocycles. The van der Waals surface area contributed by atoms with Crippen LogP contribution in [0.3, 0.4) is 0 Å². The van der Waals surface area contributed by atoms with Crippen molar-refractivity contribution in [1.29, 1.82) is 0 Å². The van der Waals surface area contributed by atoms with Gasteiger partial charge >= 0.3 is 5.97 Å². The molecule has 30 heavy (non-hydrogen) atoms. The SMILES string of the molecule is CCO/N=C/c1ccc(NC(=O)c2ccc3c(c2)CN(CC(=O)OCC)CC3)cc1. The Morgan fingerprint density at radius 1 is 1.10 bits per heavy atom. The van der Waals surface area contributed by atoms with Crippen molar-refractivity contribution in [3.8, 4) is 0 Å². The maximum atomic E-state index is 12.7. The second-order valence-electron chi connectivity index (χ2n) is 6.98. The van der Waals surface area contributed by atoms with E-state index in [0.717, 1.165) is 24.1 Å². The number of ether oxygens (including phenoxy) is 1. The summed E-state index contributed by atoms with van der Waals surface area (Å²) in [6.45, 7) is 6.27. The molecule has 7 nitrogen and oxygen atoms in total. The monoisotopic (exact) mass is 409 g/mol. The number of rotatable bonds is 8. The van der Waals surface area contributed by atoms with Crippen molar-refractivity contribution in [3.05, 3.63) is 64.7 Å². The molecule has 158 valence electrons.